The predicted octanol–water partition coefficient (Wildman–Crippen LogP) is 5.81. The number of nitrogens with zero attached hydrogens (tertiary/aromatic N) is 4. The van der Waals surface area contributed by atoms with Gasteiger partial charge in [-0.25, -0.2) is 4.98 Å². The molecule has 4 rings (SSSR count). The topological polar surface area (TPSA) is 58.0 Å². The smallest absolute Gasteiger partial charge is 0.280 e. The van der Waals surface area contributed by atoms with Crippen LogP contribution in [0.5, 0.6) is 5.75 Å². The molecular weight excluding hydrogens is 488 g/mol. The number of ether oxygens (including phenoxy) is 1. The van der Waals surface area contributed by atoms with Crippen LogP contribution in [0.3, 0.4) is 0 Å². The van der Waals surface area contributed by atoms with E-state index in [1.807, 2.05) is 73.6 Å². The number of halogens is 1. The number of amides is 1. The second-order valence-electron chi connectivity index (χ2n) is 7.18. The minimum atomic E-state index is -0.255. The van der Waals surface area contributed by atoms with Crippen LogP contribution in [0.4, 0.5) is 10.8 Å². The lowest BCUT2D eigenvalue weighted by atomic mass is 10.2. The van der Waals surface area contributed by atoms with Crippen molar-refractivity contribution in [3.05, 3.63) is 82.3 Å². The van der Waals surface area contributed by atoms with Gasteiger partial charge in [0.25, 0.3) is 5.91 Å². The van der Waals surface area contributed by atoms with Crippen LogP contribution >= 0.6 is 27.3 Å². The zero-order valence-electron chi connectivity index (χ0n) is 17.8. The molecule has 4 aromatic rings. The van der Waals surface area contributed by atoms with Crippen LogP contribution < -0.4 is 14.6 Å². The van der Waals surface area contributed by atoms with Crippen molar-refractivity contribution < 1.29 is 9.53 Å². The van der Waals surface area contributed by atoms with Crippen molar-refractivity contribution in [2.75, 3.05) is 31.1 Å². The Balaban J connectivity index is 1.73. The van der Waals surface area contributed by atoms with Crippen molar-refractivity contribution in [3.63, 3.8) is 0 Å². The van der Waals surface area contributed by atoms with Crippen LogP contribution in [0, 0.1) is 0 Å². The fourth-order valence-electron chi connectivity index (χ4n) is 3.00. The van der Waals surface area contributed by atoms with Gasteiger partial charge in [0.15, 0.2) is 0 Å². The maximum Gasteiger partial charge on any atom is 0.280 e. The number of methoxy groups -OCH3 is 1. The standard InChI is InChI=1S/C24H21BrN4O2S/c1-28(2)19-10-6-17(7-11-19)23(30)29(26-15-16-4-8-18(25)9-5-16)24-27-21-13-12-20(31-3)14-22(21)32-24/h4-15H,1-3H3/b26-15+. The summed E-state index contributed by atoms with van der Waals surface area (Å²) in [6, 6.07) is 20.8. The first kappa shape index (κ1) is 22.0. The third-order valence-corrected chi connectivity index (χ3v) is 6.30. The van der Waals surface area contributed by atoms with Gasteiger partial charge in [0.05, 0.1) is 23.5 Å². The Hall–Kier alpha value is -3.23. The van der Waals surface area contributed by atoms with E-state index in [0.717, 1.165) is 31.7 Å². The molecule has 32 heavy (non-hydrogen) atoms. The average molecular weight is 509 g/mol. The summed E-state index contributed by atoms with van der Waals surface area (Å²) in [7, 11) is 5.54. The summed E-state index contributed by atoms with van der Waals surface area (Å²) in [6.07, 6.45) is 1.66. The summed E-state index contributed by atoms with van der Waals surface area (Å²) in [6.45, 7) is 0. The van der Waals surface area contributed by atoms with Gasteiger partial charge in [0, 0.05) is 29.8 Å². The first-order valence-electron chi connectivity index (χ1n) is 9.80. The Morgan fingerprint density at radius 1 is 1.06 bits per heavy atom. The van der Waals surface area contributed by atoms with E-state index < -0.39 is 0 Å². The lowest BCUT2D eigenvalue weighted by molar-refractivity contribution is 0.0988. The Kier molecular flexibility index (Phi) is 6.53. The molecule has 0 saturated carbocycles. The molecule has 8 heteroatoms. The van der Waals surface area contributed by atoms with E-state index >= 15 is 0 Å². The summed E-state index contributed by atoms with van der Waals surface area (Å²) < 4.78 is 7.21. The van der Waals surface area contributed by atoms with Crippen molar-refractivity contribution >= 4 is 60.4 Å². The normalized spacial score (nSPS) is 11.1. The number of rotatable bonds is 6. The molecule has 0 spiro atoms. The predicted molar refractivity (Wildman–Crippen MR) is 135 cm³/mol. The molecule has 0 N–H and O–H groups in total. The lowest BCUT2D eigenvalue weighted by Crippen LogP contribution is -2.25. The second-order valence-corrected chi connectivity index (χ2v) is 9.11. The summed E-state index contributed by atoms with van der Waals surface area (Å²) >= 11 is 4.82. The SMILES string of the molecule is COc1ccc2nc(N(/N=C/c3ccc(Br)cc3)C(=O)c3ccc(N(C)C)cc3)sc2c1. The van der Waals surface area contributed by atoms with Gasteiger partial charge in [-0.2, -0.15) is 10.1 Å². The number of anilines is 2. The van der Waals surface area contributed by atoms with Crippen molar-refractivity contribution in [3.8, 4) is 5.75 Å². The average Bonchev–Trinajstić information content (AvgIpc) is 3.23. The molecule has 0 fully saturated rings. The highest BCUT2D eigenvalue weighted by Crippen LogP contribution is 2.32. The maximum atomic E-state index is 13.4. The van der Waals surface area contributed by atoms with Gasteiger partial charge in [0.1, 0.15) is 5.75 Å². The molecule has 3 aromatic carbocycles. The number of hydrogen-bond acceptors (Lipinski definition) is 6. The highest BCUT2D eigenvalue weighted by Gasteiger charge is 2.21. The molecule has 0 aliphatic heterocycles. The molecule has 0 saturated heterocycles. The van der Waals surface area contributed by atoms with Gasteiger partial charge in [-0.3, -0.25) is 4.79 Å². The summed E-state index contributed by atoms with van der Waals surface area (Å²) in [5.41, 5.74) is 3.20. The van der Waals surface area contributed by atoms with E-state index in [9.17, 15) is 4.79 Å². The second kappa shape index (κ2) is 9.50. The maximum absolute atomic E-state index is 13.4. The first-order valence-corrected chi connectivity index (χ1v) is 11.4. The molecule has 6 nitrogen and oxygen atoms in total. The quantitative estimate of drug-likeness (QED) is 0.243. The van der Waals surface area contributed by atoms with Gasteiger partial charge in [0.2, 0.25) is 5.13 Å². The van der Waals surface area contributed by atoms with Gasteiger partial charge < -0.3 is 9.64 Å². The third kappa shape index (κ3) is 4.81. The van der Waals surface area contributed by atoms with Crippen molar-refractivity contribution in [2.24, 2.45) is 5.10 Å². The van der Waals surface area contributed by atoms with E-state index in [1.54, 1.807) is 25.5 Å². The Bertz CT molecular complexity index is 1270. The molecule has 0 unspecified atom stereocenters. The summed E-state index contributed by atoms with van der Waals surface area (Å²) in [4.78, 5) is 20.1. The number of benzene rings is 3. The van der Waals surface area contributed by atoms with Crippen LogP contribution in [0.15, 0.2) is 76.3 Å². The summed E-state index contributed by atoms with van der Waals surface area (Å²) in [5, 5.41) is 6.36. The largest absolute Gasteiger partial charge is 0.497 e. The molecule has 0 aliphatic carbocycles. The fourth-order valence-corrected chi connectivity index (χ4v) is 4.21. The van der Waals surface area contributed by atoms with Crippen molar-refractivity contribution in [1.82, 2.24) is 4.98 Å². The van der Waals surface area contributed by atoms with Crippen LogP contribution in [0.25, 0.3) is 10.2 Å². The van der Waals surface area contributed by atoms with Crippen LogP contribution in [0.1, 0.15) is 15.9 Å². The fraction of sp³-hybridized carbons (Fsp3) is 0.125. The van der Waals surface area contributed by atoms with E-state index in [-0.39, 0.29) is 5.91 Å². The molecule has 0 bridgehead atoms. The minimum absolute atomic E-state index is 0.255. The number of carbonyl (C=O) groups excluding carboxylic acids is 1. The summed E-state index contributed by atoms with van der Waals surface area (Å²) in [5.74, 6) is 0.484. The third-order valence-electron chi connectivity index (χ3n) is 4.78. The van der Waals surface area contributed by atoms with Crippen LogP contribution in [-0.4, -0.2) is 38.3 Å². The van der Waals surface area contributed by atoms with Gasteiger partial charge in [-0.1, -0.05) is 39.4 Å². The number of carbonyl (C=O) groups is 1. The lowest BCUT2D eigenvalue weighted by Gasteiger charge is -2.16. The first-order chi connectivity index (χ1) is 15.4. The molecule has 162 valence electrons. The zero-order chi connectivity index (χ0) is 22.7. The molecule has 0 atom stereocenters. The van der Waals surface area contributed by atoms with Gasteiger partial charge >= 0.3 is 0 Å². The molecule has 1 heterocycles. The van der Waals surface area contributed by atoms with E-state index in [1.165, 1.54) is 16.3 Å². The van der Waals surface area contributed by atoms with E-state index in [0.29, 0.717) is 10.7 Å². The molecular formula is C24H21BrN4O2S. The van der Waals surface area contributed by atoms with Crippen molar-refractivity contribution in [2.45, 2.75) is 0 Å². The Morgan fingerprint density at radius 2 is 1.78 bits per heavy atom. The van der Waals surface area contributed by atoms with Crippen molar-refractivity contribution in [1.29, 1.82) is 0 Å². The number of hydrazone groups is 1. The highest BCUT2D eigenvalue weighted by atomic mass is 79.9. The van der Waals surface area contributed by atoms with Gasteiger partial charge in [-0.05, 0) is 60.2 Å². The number of fused-ring (bicyclic) bond motifs is 1. The number of aromatic nitrogens is 1. The van der Waals surface area contributed by atoms with Crippen LogP contribution in [0.2, 0.25) is 0 Å². The Morgan fingerprint density at radius 3 is 2.44 bits per heavy atom. The van der Waals surface area contributed by atoms with Crippen LogP contribution in [-0.2, 0) is 0 Å². The molecule has 1 amide bonds. The Labute approximate surface area is 198 Å². The highest BCUT2D eigenvalue weighted by molar-refractivity contribution is 9.10. The van der Waals surface area contributed by atoms with E-state index in [2.05, 4.69) is 26.0 Å². The molecule has 0 radical (unpaired) electrons. The number of hydrogen-bond donors (Lipinski definition) is 0. The minimum Gasteiger partial charge on any atom is -0.497 e. The van der Waals surface area contributed by atoms with E-state index in [4.69, 9.17) is 4.74 Å². The number of thiazole rings is 1. The zero-order valence-corrected chi connectivity index (χ0v) is 20.2. The monoisotopic (exact) mass is 508 g/mol. The van der Waals surface area contributed by atoms with Gasteiger partial charge in [-0.15, -0.1) is 0 Å². The molecule has 0 aliphatic rings. The molecule has 1 aromatic heterocycles.